The Labute approximate surface area is 172 Å². The summed E-state index contributed by atoms with van der Waals surface area (Å²) in [6, 6.07) is 21.2. The fourth-order valence-electron chi connectivity index (χ4n) is 3.04. The van der Waals surface area contributed by atoms with E-state index in [0.29, 0.717) is 17.8 Å². The van der Waals surface area contributed by atoms with Crippen LogP contribution >= 0.6 is 0 Å². The van der Waals surface area contributed by atoms with Crippen LogP contribution in [-0.4, -0.2) is 21.4 Å². The second-order valence-electron chi connectivity index (χ2n) is 6.97. The van der Waals surface area contributed by atoms with Crippen molar-refractivity contribution in [3.05, 3.63) is 95.1 Å². The predicted octanol–water partition coefficient (Wildman–Crippen LogP) is 4.06. The highest BCUT2D eigenvalue weighted by Crippen LogP contribution is 2.26. The van der Waals surface area contributed by atoms with Crippen molar-refractivity contribution < 1.29 is 13.2 Å². The summed E-state index contributed by atoms with van der Waals surface area (Å²) in [7, 11) is -2.32. The highest BCUT2D eigenvalue weighted by Gasteiger charge is 2.24. The number of hydrogen-bond acceptors (Lipinski definition) is 3. The molecule has 6 heteroatoms. The number of carbonyl (C=O) groups is 1. The van der Waals surface area contributed by atoms with E-state index in [9.17, 15) is 13.2 Å². The van der Waals surface area contributed by atoms with Gasteiger partial charge in [0.05, 0.1) is 16.1 Å². The van der Waals surface area contributed by atoms with Crippen LogP contribution in [0.15, 0.2) is 77.7 Å². The smallest absolute Gasteiger partial charge is 0.264 e. The Morgan fingerprint density at radius 1 is 0.897 bits per heavy atom. The van der Waals surface area contributed by atoms with Gasteiger partial charge in [-0.2, -0.15) is 0 Å². The largest absolute Gasteiger partial charge is 0.348 e. The van der Waals surface area contributed by atoms with Crippen LogP contribution in [0.5, 0.6) is 0 Å². The number of carbonyl (C=O) groups excluding carboxylic acids is 1. The number of benzene rings is 3. The molecule has 0 aliphatic carbocycles. The summed E-state index contributed by atoms with van der Waals surface area (Å²) < 4.78 is 27.2. The van der Waals surface area contributed by atoms with Crippen LogP contribution in [0.1, 0.15) is 27.0 Å². The van der Waals surface area contributed by atoms with Crippen molar-refractivity contribution in [1.29, 1.82) is 0 Å². The summed E-state index contributed by atoms with van der Waals surface area (Å²) in [4.78, 5) is 13.0. The molecule has 5 nitrogen and oxygen atoms in total. The van der Waals surface area contributed by atoms with Crippen LogP contribution in [0.4, 0.5) is 5.69 Å². The number of anilines is 1. The zero-order valence-corrected chi connectivity index (χ0v) is 17.5. The van der Waals surface area contributed by atoms with E-state index in [4.69, 9.17) is 0 Å². The van der Waals surface area contributed by atoms with Gasteiger partial charge in [0.1, 0.15) is 0 Å². The van der Waals surface area contributed by atoms with Gasteiger partial charge in [-0.1, -0.05) is 59.7 Å². The summed E-state index contributed by atoms with van der Waals surface area (Å²) in [6.07, 6.45) is 0. The molecule has 150 valence electrons. The van der Waals surface area contributed by atoms with Crippen molar-refractivity contribution >= 4 is 21.6 Å². The predicted molar refractivity (Wildman–Crippen MR) is 116 cm³/mol. The van der Waals surface area contributed by atoms with Gasteiger partial charge >= 0.3 is 0 Å². The third-order valence-electron chi connectivity index (χ3n) is 4.70. The summed E-state index contributed by atoms with van der Waals surface area (Å²) in [6.45, 7) is 4.25. The maximum Gasteiger partial charge on any atom is 0.264 e. The Bertz CT molecular complexity index is 1120. The molecule has 3 rings (SSSR count). The molecule has 0 aliphatic rings. The van der Waals surface area contributed by atoms with Crippen LogP contribution in [0.25, 0.3) is 0 Å². The Morgan fingerprint density at radius 3 is 2.28 bits per heavy atom. The van der Waals surface area contributed by atoms with E-state index in [2.05, 4.69) is 5.32 Å². The minimum absolute atomic E-state index is 0.181. The molecule has 0 aliphatic heterocycles. The second kappa shape index (κ2) is 8.49. The molecule has 1 N–H and O–H groups in total. The van der Waals surface area contributed by atoms with Crippen molar-refractivity contribution in [2.24, 2.45) is 0 Å². The summed E-state index contributed by atoms with van der Waals surface area (Å²) in [5, 5.41) is 2.88. The highest BCUT2D eigenvalue weighted by atomic mass is 32.2. The second-order valence-corrected chi connectivity index (χ2v) is 8.94. The molecule has 0 saturated carbocycles. The first-order chi connectivity index (χ1) is 13.8. The van der Waals surface area contributed by atoms with Gasteiger partial charge in [-0.3, -0.25) is 9.10 Å². The number of para-hydroxylation sites is 1. The lowest BCUT2D eigenvalue weighted by molar-refractivity contribution is 0.0951. The fourth-order valence-corrected chi connectivity index (χ4v) is 4.25. The van der Waals surface area contributed by atoms with Gasteiger partial charge in [0.15, 0.2) is 0 Å². The van der Waals surface area contributed by atoms with Crippen LogP contribution < -0.4 is 9.62 Å². The molecule has 0 radical (unpaired) electrons. The first-order valence-electron chi connectivity index (χ1n) is 9.27. The lowest BCUT2D eigenvalue weighted by Crippen LogP contribution is -2.30. The lowest BCUT2D eigenvalue weighted by atomic mass is 10.1. The van der Waals surface area contributed by atoms with Crippen molar-refractivity contribution in [3.63, 3.8) is 0 Å². The third kappa shape index (κ3) is 4.66. The monoisotopic (exact) mass is 408 g/mol. The number of nitrogens with zero attached hydrogens (tertiary/aromatic N) is 1. The fraction of sp³-hybridized carbons (Fsp3) is 0.174. The van der Waals surface area contributed by atoms with Gasteiger partial charge in [-0.05, 0) is 43.7 Å². The van der Waals surface area contributed by atoms with Crippen LogP contribution in [0.2, 0.25) is 0 Å². The Morgan fingerprint density at radius 2 is 1.59 bits per heavy atom. The van der Waals surface area contributed by atoms with Crippen molar-refractivity contribution in [2.45, 2.75) is 25.3 Å². The minimum atomic E-state index is -3.78. The molecule has 29 heavy (non-hydrogen) atoms. The average Bonchev–Trinajstić information content (AvgIpc) is 2.72. The molecule has 0 bridgehead atoms. The molecule has 1 amide bonds. The van der Waals surface area contributed by atoms with E-state index in [1.165, 1.54) is 7.05 Å². The molecule has 0 fully saturated rings. The SMILES string of the molecule is Cc1ccc(S(=O)(=O)N(C)c2ccccc2C(=O)NCc2cccc(C)c2)cc1. The molecule has 0 saturated heterocycles. The van der Waals surface area contributed by atoms with Gasteiger partial charge in [-0.25, -0.2) is 8.42 Å². The van der Waals surface area contributed by atoms with Gasteiger partial charge in [0.25, 0.3) is 15.9 Å². The lowest BCUT2D eigenvalue weighted by Gasteiger charge is -2.22. The molecule has 3 aromatic carbocycles. The quantitative estimate of drug-likeness (QED) is 0.669. The van der Waals surface area contributed by atoms with E-state index in [1.807, 2.05) is 38.1 Å². The van der Waals surface area contributed by atoms with Gasteiger partial charge in [-0.15, -0.1) is 0 Å². The maximum atomic E-state index is 13.0. The number of nitrogens with one attached hydrogen (secondary N) is 1. The van der Waals surface area contributed by atoms with E-state index < -0.39 is 10.0 Å². The van der Waals surface area contributed by atoms with Crippen LogP contribution in [-0.2, 0) is 16.6 Å². The zero-order chi connectivity index (χ0) is 21.0. The normalized spacial score (nSPS) is 11.1. The average molecular weight is 409 g/mol. The first kappa shape index (κ1) is 20.6. The van der Waals surface area contributed by atoms with E-state index in [0.717, 1.165) is 21.0 Å². The Kier molecular flexibility index (Phi) is 6.03. The van der Waals surface area contributed by atoms with E-state index in [1.54, 1.807) is 48.5 Å². The van der Waals surface area contributed by atoms with Crippen molar-refractivity contribution in [1.82, 2.24) is 5.32 Å². The number of hydrogen-bond donors (Lipinski definition) is 1. The molecule has 0 unspecified atom stereocenters. The number of amides is 1. The first-order valence-corrected chi connectivity index (χ1v) is 10.7. The maximum absolute atomic E-state index is 13.0. The van der Waals surface area contributed by atoms with Gasteiger partial charge in [0.2, 0.25) is 0 Å². The summed E-state index contributed by atoms with van der Waals surface area (Å²) in [5.41, 5.74) is 3.70. The van der Waals surface area contributed by atoms with Gasteiger partial charge in [0, 0.05) is 13.6 Å². The number of aryl methyl sites for hydroxylation is 2. The number of sulfonamides is 1. The Balaban J connectivity index is 1.85. The van der Waals surface area contributed by atoms with Crippen LogP contribution in [0.3, 0.4) is 0 Å². The summed E-state index contributed by atoms with van der Waals surface area (Å²) in [5.74, 6) is -0.326. The van der Waals surface area contributed by atoms with Crippen molar-refractivity contribution in [3.8, 4) is 0 Å². The van der Waals surface area contributed by atoms with Gasteiger partial charge < -0.3 is 5.32 Å². The highest BCUT2D eigenvalue weighted by molar-refractivity contribution is 7.92. The minimum Gasteiger partial charge on any atom is -0.348 e. The zero-order valence-electron chi connectivity index (χ0n) is 16.7. The topological polar surface area (TPSA) is 66.5 Å². The molecule has 0 spiro atoms. The molecule has 3 aromatic rings. The van der Waals surface area contributed by atoms with E-state index in [-0.39, 0.29) is 10.8 Å². The molecular weight excluding hydrogens is 384 g/mol. The molecule has 0 aromatic heterocycles. The molecular formula is C23H24N2O3S. The molecule has 0 atom stereocenters. The van der Waals surface area contributed by atoms with Crippen LogP contribution in [0, 0.1) is 13.8 Å². The molecule has 0 heterocycles. The summed E-state index contributed by atoms with van der Waals surface area (Å²) >= 11 is 0. The van der Waals surface area contributed by atoms with E-state index >= 15 is 0 Å². The standard InChI is InChI=1S/C23H24N2O3S/c1-17-11-13-20(14-12-17)29(27,28)25(3)22-10-5-4-9-21(22)23(26)24-16-19-8-6-7-18(2)15-19/h4-15H,16H2,1-3H3,(H,24,26). The van der Waals surface area contributed by atoms with Crippen molar-refractivity contribution in [2.75, 3.05) is 11.4 Å². The Hall–Kier alpha value is -3.12. The third-order valence-corrected chi connectivity index (χ3v) is 6.49. The number of rotatable bonds is 6.